The van der Waals surface area contributed by atoms with Crippen molar-refractivity contribution in [2.24, 2.45) is 5.41 Å². The molecule has 1 aliphatic heterocycles. The number of anilines is 1. The molecule has 1 saturated heterocycles. The van der Waals surface area contributed by atoms with Gasteiger partial charge in [-0.3, -0.25) is 4.90 Å². The Hall–Kier alpha value is -1.64. The molecule has 0 spiro atoms. The second-order valence-electron chi connectivity index (χ2n) is 9.19. The Morgan fingerprint density at radius 3 is 2.19 bits per heavy atom. The molecule has 0 aliphatic carbocycles. The summed E-state index contributed by atoms with van der Waals surface area (Å²) in [5.74, 6) is -1.50. The van der Waals surface area contributed by atoms with Crippen molar-refractivity contribution in [1.82, 2.24) is 9.88 Å². The number of aromatic nitrogens is 1. The molecule has 1 fully saturated rings. The lowest BCUT2D eigenvalue weighted by molar-refractivity contribution is -0.171. The average molecular weight is 456 g/mol. The highest BCUT2D eigenvalue weighted by molar-refractivity contribution is 7.16. The zero-order valence-electron chi connectivity index (χ0n) is 18.9. The van der Waals surface area contributed by atoms with E-state index in [1.807, 2.05) is 6.92 Å². The van der Waals surface area contributed by atoms with Gasteiger partial charge in [-0.15, -0.1) is 11.3 Å². The van der Waals surface area contributed by atoms with Gasteiger partial charge in [0, 0.05) is 50.3 Å². The van der Waals surface area contributed by atoms with Crippen LogP contribution < -0.4 is 4.90 Å². The SMILES string of the molecule is COCCN1CCN(c2nc(-c3ccc(C(C(C)(C)C)C(F)(F)F)cc3)c(C)s2)CC1. The number of aryl methyl sites for hydroxylation is 1. The fourth-order valence-corrected chi connectivity index (χ4v) is 5.16. The van der Waals surface area contributed by atoms with Crippen LogP contribution in [0.4, 0.5) is 18.3 Å². The number of thiazole rings is 1. The molecule has 0 N–H and O–H groups in total. The van der Waals surface area contributed by atoms with Crippen molar-refractivity contribution in [3.63, 3.8) is 0 Å². The van der Waals surface area contributed by atoms with E-state index in [1.54, 1.807) is 63.5 Å². The van der Waals surface area contributed by atoms with Crippen LogP contribution in [0.25, 0.3) is 11.3 Å². The monoisotopic (exact) mass is 455 g/mol. The highest BCUT2D eigenvalue weighted by atomic mass is 32.1. The number of hydrogen-bond donors (Lipinski definition) is 0. The number of methoxy groups -OCH3 is 1. The van der Waals surface area contributed by atoms with Crippen molar-refractivity contribution in [2.45, 2.75) is 39.8 Å². The summed E-state index contributed by atoms with van der Waals surface area (Å²) in [6.07, 6.45) is -4.28. The first-order valence-corrected chi connectivity index (χ1v) is 11.4. The molecule has 1 aromatic heterocycles. The van der Waals surface area contributed by atoms with Crippen LogP contribution in [-0.4, -0.2) is 62.5 Å². The second kappa shape index (κ2) is 9.46. The Morgan fingerprint density at radius 2 is 1.68 bits per heavy atom. The zero-order chi connectivity index (χ0) is 22.8. The summed E-state index contributed by atoms with van der Waals surface area (Å²) in [6.45, 7) is 12.3. The summed E-state index contributed by atoms with van der Waals surface area (Å²) in [5.41, 5.74) is 1.10. The molecule has 1 aliphatic rings. The fraction of sp³-hybridized carbons (Fsp3) is 0.609. The van der Waals surface area contributed by atoms with Gasteiger partial charge in [0.25, 0.3) is 0 Å². The topological polar surface area (TPSA) is 28.6 Å². The molecule has 0 radical (unpaired) electrons. The lowest BCUT2D eigenvalue weighted by atomic mass is 9.76. The van der Waals surface area contributed by atoms with Gasteiger partial charge in [-0.1, -0.05) is 45.0 Å². The summed E-state index contributed by atoms with van der Waals surface area (Å²) in [5, 5.41) is 0.978. The maximum absolute atomic E-state index is 13.7. The molecule has 0 amide bonds. The van der Waals surface area contributed by atoms with E-state index >= 15 is 0 Å². The van der Waals surface area contributed by atoms with E-state index in [0.717, 1.165) is 60.6 Å². The Morgan fingerprint density at radius 1 is 1.06 bits per heavy atom. The number of halogens is 3. The van der Waals surface area contributed by atoms with Crippen molar-refractivity contribution in [2.75, 3.05) is 51.3 Å². The van der Waals surface area contributed by atoms with E-state index in [1.165, 1.54) is 0 Å². The molecular weight excluding hydrogens is 423 g/mol. The van der Waals surface area contributed by atoms with Crippen LogP contribution in [0.5, 0.6) is 0 Å². The summed E-state index contributed by atoms with van der Waals surface area (Å²) in [7, 11) is 1.72. The quantitative estimate of drug-likeness (QED) is 0.569. The van der Waals surface area contributed by atoms with Gasteiger partial charge in [-0.2, -0.15) is 13.2 Å². The van der Waals surface area contributed by atoms with Crippen LogP contribution in [0, 0.1) is 12.3 Å². The van der Waals surface area contributed by atoms with Crippen LogP contribution in [-0.2, 0) is 4.74 Å². The molecule has 172 valence electrons. The lowest BCUT2D eigenvalue weighted by Crippen LogP contribution is -2.47. The molecule has 8 heteroatoms. The number of nitrogens with zero attached hydrogens (tertiary/aromatic N) is 3. The molecular formula is C23H32F3N3OS. The molecule has 1 aromatic carbocycles. The third kappa shape index (κ3) is 5.79. The second-order valence-corrected chi connectivity index (χ2v) is 10.4. The van der Waals surface area contributed by atoms with Crippen LogP contribution in [0.2, 0.25) is 0 Å². The van der Waals surface area contributed by atoms with Crippen LogP contribution in [0.1, 0.15) is 37.1 Å². The minimum atomic E-state index is -4.28. The Bertz CT molecular complexity index is 836. The first kappa shape index (κ1) is 24.0. The van der Waals surface area contributed by atoms with Gasteiger partial charge in [0.15, 0.2) is 5.13 Å². The minimum Gasteiger partial charge on any atom is -0.383 e. The predicted molar refractivity (Wildman–Crippen MR) is 121 cm³/mol. The molecule has 1 unspecified atom stereocenters. The van der Waals surface area contributed by atoms with Gasteiger partial charge in [0.05, 0.1) is 18.2 Å². The van der Waals surface area contributed by atoms with E-state index in [9.17, 15) is 13.2 Å². The first-order valence-electron chi connectivity index (χ1n) is 10.6. The number of piperazine rings is 1. The van der Waals surface area contributed by atoms with Gasteiger partial charge in [0.2, 0.25) is 0 Å². The van der Waals surface area contributed by atoms with E-state index in [0.29, 0.717) is 5.56 Å². The Kier molecular flexibility index (Phi) is 7.33. The molecule has 3 rings (SSSR count). The van der Waals surface area contributed by atoms with Gasteiger partial charge in [0.1, 0.15) is 0 Å². The summed E-state index contributed by atoms with van der Waals surface area (Å²) >= 11 is 1.65. The van der Waals surface area contributed by atoms with Crippen molar-refractivity contribution >= 4 is 16.5 Å². The number of rotatable bonds is 6. The molecule has 2 aromatic rings. The molecule has 1 atom stereocenters. The predicted octanol–water partition coefficient (Wildman–Crippen LogP) is 5.58. The smallest absolute Gasteiger partial charge is 0.383 e. The maximum Gasteiger partial charge on any atom is 0.396 e. The molecule has 0 bridgehead atoms. The van der Waals surface area contributed by atoms with E-state index in [2.05, 4.69) is 9.80 Å². The summed E-state index contributed by atoms with van der Waals surface area (Å²) in [4.78, 5) is 10.6. The third-order valence-corrected chi connectivity index (χ3v) is 6.78. The molecule has 0 saturated carbocycles. The largest absolute Gasteiger partial charge is 0.396 e. The van der Waals surface area contributed by atoms with Crippen LogP contribution in [0.3, 0.4) is 0 Å². The van der Waals surface area contributed by atoms with Gasteiger partial charge in [-0.25, -0.2) is 4.98 Å². The maximum atomic E-state index is 13.7. The van der Waals surface area contributed by atoms with Gasteiger partial charge >= 0.3 is 6.18 Å². The standard InChI is InChI=1S/C23H32F3N3OS/c1-16-19(27-21(31-16)29-12-10-28(11-13-29)14-15-30-5)17-6-8-18(9-7-17)20(22(2,3)4)23(24,25)26/h6-9,20H,10-15H2,1-5H3. The van der Waals surface area contributed by atoms with Crippen molar-refractivity contribution in [3.05, 3.63) is 34.7 Å². The van der Waals surface area contributed by atoms with Crippen LogP contribution in [0.15, 0.2) is 24.3 Å². The van der Waals surface area contributed by atoms with Gasteiger partial charge in [-0.05, 0) is 17.9 Å². The zero-order valence-corrected chi connectivity index (χ0v) is 19.7. The number of hydrogen-bond acceptors (Lipinski definition) is 5. The minimum absolute atomic E-state index is 0.295. The summed E-state index contributed by atoms with van der Waals surface area (Å²) < 4.78 is 46.2. The number of benzene rings is 1. The Labute approximate surface area is 187 Å². The normalized spacial score (nSPS) is 17.2. The third-order valence-electron chi connectivity index (χ3n) is 5.75. The average Bonchev–Trinajstić information content (AvgIpc) is 3.07. The van der Waals surface area contributed by atoms with Gasteiger partial charge < -0.3 is 9.64 Å². The molecule has 31 heavy (non-hydrogen) atoms. The number of ether oxygens (including phenoxy) is 1. The summed E-state index contributed by atoms with van der Waals surface area (Å²) in [6, 6.07) is 6.75. The van der Waals surface area contributed by atoms with Crippen molar-refractivity contribution in [1.29, 1.82) is 0 Å². The number of alkyl halides is 3. The molecule has 4 nitrogen and oxygen atoms in total. The Balaban J connectivity index is 1.75. The first-order chi connectivity index (χ1) is 14.5. The van der Waals surface area contributed by atoms with Crippen molar-refractivity contribution < 1.29 is 17.9 Å². The highest BCUT2D eigenvalue weighted by Crippen LogP contribution is 2.47. The van der Waals surface area contributed by atoms with E-state index in [-0.39, 0.29) is 0 Å². The van der Waals surface area contributed by atoms with E-state index in [4.69, 9.17) is 9.72 Å². The molecule has 2 heterocycles. The van der Waals surface area contributed by atoms with Crippen LogP contribution >= 0.6 is 11.3 Å². The fourth-order valence-electron chi connectivity index (χ4n) is 4.18. The van der Waals surface area contributed by atoms with Crippen molar-refractivity contribution in [3.8, 4) is 11.3 Å². The highest BCUT2D eigenvalue weighted by Gasteiger charge is 2.47. The van der Waals surface area contributed by atoms with E-state index < -0.39 is 17.5 Å². The lowest BCUT2D eigenvalue weighted by Gasteiger charge is -2.34.